The summed E-state index contributed by atoms with van der Waals surface area (Å²) in [5.74, 6) is 0.566. The Morgan fingerprint density at radius 1 is 0.325 bits per heavy atom. The fraction of sp³-hybridized carbons (Fsp3) is 0.931. The molecule has 0 amide bonds. The van der Waals surface area contributed by atoms with Crippen LogP contribution in [0.4, 0.5) is 0 Å². The molecule has 0 aromatic heterocycles. The number of carbonyl (C=O) groups is 4. The average Bonchev–Trinajstić information content (AvgIpc) is 3.35. The highest BCUT2D eigenvalue weighted by Gasteiger charge is 2.30. The van der Waals surface area contributed by atoms with Crippen molar-refractivity contribution in [2.75, 3.05) is 39.6 Å². The van der Waals surface area contributed by atoms with Crippen molar-refractivity contribution in [3.8, 4) is 0 Å². The molecule has 3 N–H and O–H groups in total. The molecule has 0 saturated carbocycles. The van der Waals surface area contributed by atoms with E-state index in [1.54, 1.807) is 0 Å². The van der Waals surface area contributed by atoms with E-state index in [9.17, 15) is 43.2 Å². The SMILES string of the molecule is CC(C)CCCCCCCCCC(=O)OC[C@H](COP(=O)(O)OCC(O)COP(=O)(O)OC[C@@H](COC(=O)CCCCCCCCC(C)C)OC(=O)CCCCCCCCC(C)C)OC(=O)CCCCCCCCC(C)C. The number of ether oxygens (including phenoxy) is 4. The zero-order chi connectivity index (χ0) is 57.6. The molecule has 456 valence electrons. The van der Waals surface area contributed by atoms with E-state index in [4.69, 9.17) is 37.0 Å². The molecule has 0 fully saturated rings. The van der Waals surface area contributed by atoms with Crippen molar-refractivity contribution in [2.24, 2.45) is 23.7 Å². The van der Waals surface area contributed by atoms with Crippen LogP contribution in [0.5, 0.6) is 0 Å². The Bertz CT molecular complexity index is 1560. The lowest BCUT2D eigenvalue weighted by Gasteiger charge is -2.21. The fourth-order valence-corrected chi connectivity index (χ4v) is 9.95. The molecule has 19 heteroatoms. The standard InChI is InChI=1S/C58H112O17P2/c1-48(2)34-26-18-10-9-11-22-30-38-55(60)68-44-53(74-57(62)40-32-24-16-13-20-28-36-50(5)6)46-72-76(64,65)70-42-52(59)43-71-77(66,67)73-47-54(75-58(63)41-33-25-17-14-21-29-37-51(7)8)45-69-56(61)39-31-23-15-12-19-27-35-49(3)4/h48-54,59H,9-47H2,1-8H3,(H,64,65)(H,66,67)/t52?,53-,54-/m1/s1. The maximum absolute atomic E-state index is 12.9. The minimum Gasteiger partial charge on any atom is -0.462 e. The van der Waals surface area contributed by atoms with Crippen molar-refractivity contribution in [1.29, 1.82) is 0 Å². The highest BCUT2D eigenvalue weighted by molar-refractivity contribution is 7.47. The van der Waals surface area contributed by atoms with E-state index in [1.807, 2.05) is 0 Å². The third kappa shape index (κ3) is 53.2. The minimum atomic E-state index is -4.94. The van der Waals surface area contributed by atoms with Gasteiger partial charge in [-0.05, 0) is 49.4 Å². The quantitative estimate of drug-likeness (QED) is 0.0222. The predicted octanol–water partition coefficient (Wildman–Crippen LogP) is 15.0. The normalized spacial score (nSPS) is 14.6. The number of hydrogen-bond acceptors (Lipinski definition) is 15. The summed E-state index contributed by atoms with van der Waals surface area (Å²) in [7, 11) is -9.87. The van der Waals surface area contributed by atoms with Crippen molar-refractivity contribution in [3.05, 3.63) is 0 Å². The maximum Gasteiger partial charge on any atom is 0.472 e. The molecule has 0 aromatic rings. The zero-order valence-electron chi connectivity index (χ0n) is 49.6. The van der Waals surface area contributed by atoms with Gasteiger partial charge in [0.1, 0.15) is 19.3 Å². The van der Waals surface area contributed by atoms with Crippen molar-refractivity contribution < 1.29 is 80.2 Å². The first-order valence-electron chi connectivity index (χ1n) is 30.2. The van der Waals surface area contributed by atoms with Crippen LogP contribution in [0, 0.1) is 23.7 Å². The summed E-state index contributed by atoms with van der Waals surface area (Å²) in [4.78, 5) is 71.8. The van der Waals surface area contributed by atoms with Gasteiger partial charge in [-0.2, -0.15) is 0 Å². The molecule has 77 heavy (non-hydrogen) atoms. The number of carbonyl (C=O) groups excluding carboxylic acids is 4. The molecule has 0 aliphatic heterocycles. The highest BCUT2D eigenvalue weighted by atomic mass is 31.2. The largest absolute Gasteiger partial charge is 0.472 e. The van der Waals surface area contributed by atoms with Gasteiger partial charge < -0.3 is 33.8 Å². The van der Waals surface area contributed by atoms with Crippen molar-refractivity contribution in [3.63, 3.8) is 0 Å². The van der Waals surface area contributed by atoms with Gasteiger partial charge in [0.05, 0.1) is 26.4 Å². The van der Waals surface area contributed by atoms with Crippen LogP contribution in [-0.2, 0) is 65.4 Å². The monoisotopic (exact) mass is 1140 g/mol. The summed E-state index contributed by atoms with van der Waals surface area (Å²) in [5.41, 5.74) is 0. The first-order chi connectivity index (χ1) is 36.6. The second-order valence-corrected chi connectivity index (χ2v) is 25.8. The van der Waals surface area contributed by atoms with Crippen LogP contribution in [-0.4, -0.2) is 96.7 Å². The second-order valence-electron chi connectivity index (χ2n) is 22.9. The minimum absolute atomic E-state index is 0.1000. The Morgan fingerprint density at radius 3 is 0.805 bits per heavy atom. The number of aliphatic hydroxyl groups excluding tert-OH is 1. The first-order valence-corrected chi connectivity index (χ1v) is 33.2. The molecule has 0 rings (SSSR count). The van der Waals surface area contributed by atoms with Gasteiger partial charge in [-0.15, -0.1) is 0 Å². The van der Waals surface area contributed by atoms with Crippen LogP contribution in [0.3, 0.4) is 0 Å². The summed E-state index contributed by atoms with van der Waals surface area (Å²) in [6, 6.07) is 0. The van der Waals surface area contributed by atoms with Crippen LogP contribution in [0.1, 0.15) is 267 Å². The smallest absolute Gasteiger partial charge is 0.462 e. The van der Waals surface area contributed by atoms with Crippen molar-refractivity contribution >= 4 is 39.5 Å². The van der Waals surface area contributed by atoms with Crippen LogP contribution in [0.2, 0.25) is 0 Å². The Balaban J connectivity index is 5.24. The summed E-state index contributed by atoms with van der Waals surface area (Å²) >= 11 is 0. The summed E-state index contributed by atoms with van der Waals surface area (Å²) in [6.07, 6.45) is 25.9. The number of unbranched alkanes of at least 4 members (excludes halogenated alkanes) is 21. The van der Waals surface area contributed by atoms with Gasteiger partial charge in [-0.25, -0.2) is 9.13 Å². The van der Waals surface area contributed by atoms with Crippen LogP contribution in [0.25, 0.3) is 0 Å². The third-order valence-electron chi connectivity index (χ3n) is 13.1. The Hall–Kier alpha value is -1.94. The van der Waals surface area contributed by atoms with E-state index >= 15 is 0 Å². The number of esters is 4. The van der Waals surface area contributed by atoms with Gasteiger partial charge >= 0.3 is 39.5 Å². The lowest BCUT2D eigenvalue weighted by molar-refractivity contribution is -0.161. The van der Waals surface area contributed by atoms with Gasteiger partial charge in [0.2, 0.25) is 0 Å². The zero-order valence-corrected chi connectivity index (χ0v) is 51.4. The molecular weight excluding hydrogens is 1030 g/mol. The number of phosphoric acid groups is 2. The predicted molar refractivity (Wildman–Crippen MR) is 303 cm³/mol. The van der Waals surface area contributed by atoms with E-state index in [-0.39, 0.29) is 25.7 Å². The molecule has 0 spiro atoms. The number of hydrogen-bond donors (Lipinski definition) is 3. The van der Waals surface area contributed by atoms with Gasteiger partial charge in [0.25, 0.3) is 0 Å². The summed E-state index contributed by atoms with van der Waals surface area (Å²) in [5, 5.41) is 10.5. The van der Waals surface area contributed by atoms with Crippen LogP contribution >= 0.6 is 15.6 Å². The number of aliphatic hydroxyl groups is 1. The molecule has 0 heterocycles. The third-order valence-corrected chi connectivity index (χ3v) is 15.0. The molecule has 5 atom stereocenters. The van der Waals surface area contributed by atoms with E-state index in [0.717, 1.165) is 103 Å². The number of rotatable bonds is 55. The first kappa shape index (κ1) is 75.1. The fourth-order valence-electron chi connectivity index (χ4n) is 8.37. The molecule has 0 saturated heterocycles. The van der Waals surface area contributed by atoms with Crippen molar-refractivity contribution in [1.82, 2.24) is 0 Å². The van der Waals surface area contributed by atoms with Crippen molar-refractivity contribution in [2.45, 2.75) is 286 Å². The van der Waals surface area contributed by atoms with Gasteiger partial charge in [-0.3, -0.25) is 37.3 Å². The summed E-state index contributed by atoms with van der Waals surface area (Å²) in [6.45, 7) is 13.7. The van der Waals surface area contributed by atoms with E-state index in [0.29, 0.717) is 49.4 Å². The van der Waals surface area contributed by atoms with Gasteiger partial charge in [-0.1, -0.05) is 216 Å². The molecule has 0 radical (unpaired) electrons. The molecule has 0 aliphatic rings. The lowest BCUT2D eigenvalue weighted by atomic mass is 10.0. The Labute approximate surface area is 467 Å². The van der Waals surface area contributed by atoms with Gasteiger partial charge in [0.15, 0.2) is 12.2 Å². The van der Waals surface area contributed by atoms with Gasteiger partial charge in [0, 0.05) is 25.7 Å². The highest BCUT2D eigenvalue weighted by Crippen LogP contribution is 2.45. The molecular formula is C58H112O17P2. The number of phosphoric ester groups is 2. The van der Waals surface area contributed by atoms with Crippen LogP contribution < -0.4 is 0 Å². The van der Waals surface area contributed by atoms with Crippen LogP contribution in [0.15, 0.2) is 0 Å². The van der Waals surface area contributed by atoms with E-state index in [1.165, 1.54) is 57.8 Å². The topological polar surface area (TPSA) is 237 Å². The van der Waals surface area contributed by atoms with E-state index in [2.05, 4.69) is 55.4 Å². The summed E-state index contributed by atoms with van der Waals surface area (Å²) < 4.78 is 67.6. The molecule has 0 aromatic carbocycles. The Kier molecular flexibility index (Phi) is 47.5. The molecule has 17 nitrogen and oxygen atoms in total. The molecule has 0 bridgehead atoms. The lowest BCUT2D eigenvalue weighted by Crippen LogP contribution is -2.30. The maximum atomic E-state index is 12.9. The molecule has 3 unspecified atom stereocenters. The molecule has 0 aliphatic carbocycles. The Morgan fingerprint density at radius 2 is 0.545 bits per heavy atom. The average molecular weight is 1140 g/mol. The second kappa shape index (κ2) is 48.7. The van der Waals surface area contributed by atoms with E-state index < -0.39 is 97.5 Å².